The molecule has 2 fully saturated rings. The highest BCUT2D eigenvalue weighted by Crippen LogP contribution is 2.42. The Hall–Kier alpha value is -2.38. The minimum atomic E-state index is -4.47. The number of likely N-dealkylation sites (tertiary alicyclic amines) is 1. The first kappa shape index (κ1) is 22.8. The van der Waals surface area contributed by atoms with Gasteiger partial charge in [0, 0.05) is 35.3 Å². The smallest absolute Gasteiger partial charge is 0.322 e. The topological polar surface area (TPSA) is 44.4 Å². The summed E-state index contributed by atoms with van der Waals surface area (Å²) < 4.78 is 38.6. The monoisotopic (exact) mass is 445 g/mol. The van der Waals surface area contributed by atoms with E-state index in [1.807, 2.05) is 24.3 Å². The summed E-state index contributed by atoms with van der Waals surface area (Å²) in [6, 6.07) is 13.8. The Labute approximate surface area is 187 Å². The van der Waals surface area contributed by atoms with Gasteiger partial charge in [0.05, 0.1) is 5.56 Å². The number of nitrogens with zero attached hydrogens (tertiary/aromatic N) is 1. The lowest BCUT2D eigenvalue weighted by molar-refractivity contribution is -0.137. The highest BCUT2D eigenvalue weighted by atomic mass is 19.4. The largest absolute Gasteiger partial charge is 0.416 e. The number of halogens is 3. The van der Waals surface area contributed by atoms with E-state index in [0.717, 1.165) is 31.6 Å². The number of carbonyl (C=O) groups is 1. The molecule has 2 aromatic carbocycles. The molecule has 2 aromatic rings. The molecule has 1 amide bonds. The molecule has 1 saturated heterocycles. The summed E-state index contributed by atoms with van der Waals surface area (Å²) in [6.07, 6.45) is -0.998. The summed E-state index contributed by atoms with van der Waals surface area (Å²) in [7, 11) is 0. The molecule has 0 aromatic heterocycles. The van der Waals surface area contributed by atoms with Crippen LogP contribution in [-0.4, -0.2) is 42.0 Å². The van der Waals surface area contributed by atoms with E-state index in [9.17, 15) is 18.0 Å². The molecule has 1 saturated carbocycles. The van der Waals surface area contributed by atoms with Crippen LogP contribution in [0.2, 0.25) is 0 Å². The van der Waals surface area contributed by atoms with E-state index in [0.29, 0.717) is 29.7 Å². The molecule has 2 aliphatic rings. The van der Waals surface area contributed by atoms with Gasteiger partial charge in [-0.15, -0.1) is 0 Å². The van der Waals surface area contributed by atoms with Crippen molar-refractivity contribution < 1.29 is 18.0 Å². The van der Waals surface area contributed by atoms with Crippen LogP contribution in [0.1, 0.15) is 60.5 Å². The van der Waals surface area contributed by atoms with Crippen molar-refractivity contribution in [1.29, 1.82) is 0 Å². The molecule has 7 heteroatoms. The van der Waals surface area contributed by atoms with Gasteiger partial charge in [-0.1, -0.05) is 18.2 Å². The molecule has 32 heavy (non-hydrogen) atoms. The zero-order valence-electron chi connectivity index (χ0n) is 18.5. The number of piperidine rings is 1. The van der Waals surface area contributed by atoms with Gasteiger partial charge in [-0.2, -0.15) is 13.2 Å². The first-order valence-corrected chi connectivity index (χ1v) is 11.3. The molecular formula is C25H30F3N3O. The molecule has 1 aliphatic carbocycles. The minimum absolute atomic E-state index is 0.0149. The van der Waals surface area contributed by atoms with E-state index >= 15 is 0 Å². The Balaban J connectivity index is 1.28. The lowest BCUT2D eigenvalue weighted by Crippen LogP contribution is -2.45. The zero-order chi connectivity index (χ0) is 22.9. The number of hydrogen-bond donors (Lipinski definition) is 2. The van der Waals surface area contributed by atoms with Crippen LogP contribution in [-0.2, 0) is 6.18 Å². The van der Waals surface area contributed by atoms with Crippen molar-refractivity contribution >= 4 is 11.6 Å². The van der Waals surface area contributed by atoms with Crippen LogP contribution in [0.4, 0.5) is 18.9 Å². The van der Waals surface area contributed by atoms with Crippen molar-refractivity contribution in [3.8, 4) is 0 Å². The molecule has 4 rings (SSSR count). The average Bonchev–Trinajstić information content (AvgIpc) is 3.53. The van der Waals surface area contributed by atoms with Crippen LogP contribution in [0.5, 0.6) is 0 Å². The summed E-state index contributed by atoms with van der Waals surface area (Å²) in [5, 5.41) is 6.49. The standard InChI is InChI=1S/C25H30F3N3O/c1-16(2)31-12-10-21(11-13-31)29-23-15-22(23)17-6-8-20(9-7-17)30-24(32)18-4-3-5-19(14-18)25(26,27)28/h3-9,14,16,21-23,29H,10-13,15H2,1-2H3,(H,30,32)/t22-,23+/m0/s1. The third kappa shape index (κ3) is 5.51. The normalized spacial score (nSPS) is 22.2. The molecule has 1 heterocycles. The first-order chi connectivity index (χ1) is 15.2. The van der Waals surface area contributed by atoms with Gasteiger partial charge in [0.1, 0.15) is 0 Å². The second-order valence-corrected chi connectivity index (χ2v) is 9.17. The van der Waals surface area contributed by atoms with E-state index in [-0.39, 0.29) is 5.56 Å². The predicted octanol–water partition coefficient (Wildman–Crippen LogP) is 5.28. The van der Waals surface area contributed by atoms with Crippen LogP contribution in [0.15, 0.2) is 48.5 Å². The summed E-state index contributed by atoms with van der Waals surface area (Å²) in [6.45, 7) is 6.78. The van der Waals surface area contributed by atoms with Crippen LogP contribution in [0.25, 0.3) is 0 Å². The molecule has 2 atom stereocenters. The fourth-order valence-electron chi connectivity index (χ4n) is 4.49. The van der Waals surface area contributed by atoms with E-state index in [1.165, 1.54) is 30.5 Å². The molecule has 2 N–H and O–H groups in total. The Morgan fingerprint density at radius 3 is 2.38 bits per heavy atom. The lowest BCUT2D eigenvalue weighted by Gasteiger charge is -2.35. The molecule has 0 bridgehead atoms. The van der Waals surface area contributed by atoms with Gasteiger partial charge in [0.25, 0.3) is 5.91 Å². The minimum Gasteiger partial charge on any atom is -0.322 e. The maximum Gasteiger partial charge on any atom is 0.416 e. The van der Waals surface area contributed by atoms with Gasteiger partial charge in [-0.05, 0) is 82.1 Å². The van der Waals surface area contributed by atoms with Crippen LogP contribution >= 0.6 is 0 Å². The van der Waals surface area contributed by atoms with Gasteiger partial charge in [0.15, 0.2) is 0 Å². The van der Waals surface area contributed by atoms with Gasteiger partial charge in [0.2, 0.25) is 0 Å². The molecule has 0 radical (unpaired) electrons. The van der Waals surface area contributed by atoms with E-state index < -0.39 is 17.6 Å². The number of nitrogens with one attached hydrogen (secondary N) is 2. The van der Waals surface area contributed by atoms with Crippen molar-refractivity contribution in [2.75, 3.05) is 18.4 Å². The molecule has 0 unspecified atom stereocenters. The first-order valence-electron chi connectivity index (χ1n) is 11.3. The van der Waals surface area contributed by atoms with Crippen molar-refractivity contribution in [3.05, 3.63) is 65.2 Å². The van der Waals surface area contributed by atoms with Gasteiger partial charge >= 0.3 is 6.18 Å². The number of rotatable bonds is 6. The SMILES string of the molecule is CC(C)N1CCC(N[C@@H]2C[C@H]2c2ccc(NC(=O)c3cccc(C(F)(F)F)c3)cc2)CC1. The van der Waals surface area contributed by atoms with Crippen molar-refractivity contribution in [3.63, 3.8) is 0 Å². The second kappa shape index (κ2) is 9.24. The highest BCUT2D eigenvalue weighted by Gasteiger charge is 2.39. The number of alkyl halides is 3. The molecule has 0 spiro atoms. The lowest BCUT2D eigenvalue weighted by atomic mass is 10.0. The summed E-state index contributed by atoms with van der Waals surface area (Å²) in [5.74, 6) is -0.0751. The summed E-state index contributed by atoms with van der Waals surface area (Å²) >= 11 is 0. The molecule has 172 valence electrons. The quantitative estimate of drug-likeness (QED) is 0.636. The Kier molecular flexibility index (Phi) is 6.58. The van der Waals surface area contributed by atoms with Crippen LogP contribution < -0.4 is 10.6 Å². The van der Waals surface area contributed by atoms with E-state index in [4.69, 9.17) is 0 Å². The molecular weight excluding hydrogens is 415 g/mol. The van der Waals surface area contributed by atoms with Crippen molar-refractivity contribution in [2.24, 2.45) is 0 Å². The van der Waals surface area contributed by atoms with Gasteiger partial charge in [-0.25, -0.2) is 0 Å². The zero-order valence-corrected chi connectivity index (χ0v) is 18.5. The summed E-state index contributed by atoms with van der Waals surface area (Å²) in [5.41, 5.74) is 0.947. The number of anilines is 1. The van der Waals surface area contributed by atoms with Crippen molar-refractivity contribution in [1.82, 2.24) is 10.2 Å². The van der Waals surface area contributed by atoms with Gasteiger partial charge < -0.3 is 15.5 Å². The van der Waals surface area contributed by atoms with Crippen molar-refractivity contribution in [2.45, 2.75) is 63.3 Å². The predicted molar refractivity (Wildman–Crippen MR) is 120 cm³/mol. The highest BCUT2D eigenvalue weighted by molar-refractivity contribution is 6.04. The maximum absolute atomic E-state index is 12.9. The van der Waals surface area contributed by atoms with Crippen LogP contribution in [0.3, 0.4) is 0 Å². The van der Waals surface area contributed by atoms with Crippen LogP contribution in [0, 0.1) is 0 Å². The third-order valence-electron chi connectivity index (χ3n) is 6.55. The fraction of sp³-hybridized carbons (Fsp3) is 0.480. The fourth-order valence-corrected chi connectivity index (χ4v) is 4.49. The molecule has 4 nitrogen and oxygen atoms in total. The number of carbonyl (C=O) groups excluding carboxylic acids is 1. The Morgan fingerprint density at radius 2 is 1.75 bits per heavy atom. The van der Waals surface area contributed by atoms with E-state index in [1.54, 1.807) is 0 Å². The Bertz CT molecular complexity index is 934. The Morgan fingerprint density at radius 1 is 1.06 bits per heavy atom. The number of hydrogen-bond acceptors (Lipinski definition) is 3. The number of benzene rings is 2. The third-order valence-corrected chi connectivity index (χ3v) is 6.55. The summed E-state index contributed by atoms with van der Waals surface area (Å²) in [4.78, 5) is 14.9. The second-order valence-electron chi connectivity index (χ2n) is 9.17. The average molecular weight is 446 g/mol. The maximum atomic E-state index is 12.9. The van der Waals surface area contributed by atoms with Gasteiger partial charge in [-0.3, -0.25) is 4.79 Å². The number of amides is 1. The molecule has 1 aliphatic heterocycles. The van der Waals surface area contributed by atoms with E-state index in [2.05, 4.69) is 29.4 Å².